The normalized spacial score (nSPS) is 14.2. The van der Waals surface area contributed by atoms with Gasteiger partial charge in [-0.05, 0) is 31.9 Å². The van der Waals surface area contributed by atoms with Crippen LogP contribution in [0.2, 0.25) is 0 Å². The van der Waals surface area contributed by atoms with E-state index < -0.39 is 18.9 Å². The molecule has 4 rings (SSSR count). The average molecular weight is 500 g/mol. The lowest BCUT2D eigenvalue weighted by molar-refractivity contribution is -0.117. The molecule has 11 nitrogen and oxygen atoms in total. The molecule has 35 heavy (non-hydrogen) atoms. The summed E-state index contributed by atoms with van der Waals surface area (Å²) in [7, 11) is 1.44. The lowest BCUT2D eigenvalue weighted by atomic mass is 10.1. The van der Waals surface area contributed by atoms with Gasteiger partial charge in [-0.15, -0.1) is 21.5 Å². The number of hydrogen-bond acceptors (Lipinski definition) is 10. The Morgan fingerprint density at radius 3 is 2.77 bits per heavy atom. The van der Waals surface area contributed by atoms with Gasteiger partial charge in [0.2, 0.25) is 5.91 Å². The largest absolute Gasteiger partial charge is 0.494 e. The minimum absolute atomic E-state index is 0.0784. The molecule has 0 unspecified atom stereocenters. The van der Waals surface area contributed by atoms with Crippen LogP contribution in [0.4, 0.5) is 17.2 Å². The molecule has 0 saturated heterocycles. The van der Waals surface area contributed by atoms with E-state index in [1.165, 1.54) is 19.4 Å². The third-order valence-corrected chi connectivity index (χ3v) is 6.03. The number of aromatic nitrogens is 3. The Labute approximate surface area is 209 Å². The van der Waals surface area contributed by atoms with E-state index in [1.807, 2.05) is 5.32 Å². The van der Waals surface area contributed by atoms with E-state index in [1.54, 1.807) is 25.1 Å². The number of nitrogens with zero attached hydrogens (tertiary/aromatic N) is 3. The van der Waals surface area contributed by atoms with Gasteiger partial charge in [0.1, 0.15) is 9.88 Å². The Morgan fingerprint density at radius 1 is 1.23 bits per heavy atom. The van der Waals surface area contributed by atoms with Crippen molar-refractivity contribution in [1.29, 1.82) is 0 Å². The van der Waals surface area contributed by atoms with Crippen molar-refractivity contribution in [2.24, 2.45) is 5.92 Å². The molecule has 1 aliphatic rings. The standard InChI is InChI=1S/C23H24N6O5S/c1-4-34-23(32)16-11-25-22(35-16)13-6-5-7-14(19(13)33-3)26-15-10-17(27-20(30)12-8-9-12)28-29-18(15)21(31)24-2/h5-7,10-12H,4,8-9H2,1-3H3,(H,24,31)(H2,26,27,28,30)/i2D3. The van der Waals surface area contributed by atoms with E-state index in [9.17, 15) is 14.4 Å². The number of methoxy groups -OCH3 is 1. The predicted octanol–water partition coefficient (Wildman–Crippen LogP) is 3.24. The molecule has 2 aromatic heterocycles. The molecule has 2 amide bonds. The maximum atomic E-state index is 12.7. The van der Waals surface area contributed by atoms with E-state index in [4.69, 9.17) is 13.6 Å². The number of amides is 2. The Morgan fingerprint density at radius 2 is 2.06 bits per heavy atom. The topological polar surface area (TPSA) is 144 Å². The smallest absolute Gasteiger partial charge is 0.349 e. The zero-order valence-electron chi connectivity index (χ0n) is 21.9. The van der Waals surface area contributed by atoms with Crippen LogP contribution in [0.25, 0.3) is 10.6 Å². The van der Waals surface area contributed by atoms with Crippen molar-refractivity contribution in [2.75, 3.05) is 31.3 Å². The monoisotopic (exact) mass is 499 g/mol. The molecule has 12 heteroatoms. The van der Waals surface area contributed by atoms with Gasteiger partial charge in [-0.2, -0.15) is 0 Å². The number of carbonyl (C=O) groups excluding carboxylic acids is 3. The van der Waals surface area contributed by atoms with Gasteiger partial charge in [0.05, 0.1) is 36.9 Å². The number of rotatable bonds is 9. The molecule has 3 aromatic rings. The SMILES string of the molecule is [2H]C([2H])([2H])NC(=O)c1nnc(NC(=O)C2CC2)cc1Nc1cccc(-c2ncc(C(=O)OCC)s2)c1OC. The summed E-state index contributed by atoms with van der Waals surface area (Å²) in [6, 6.07) is 6.50. The van der Waals surface area contributed by atoms with E-state index in [0.717, 1.165) is 24.2 Å². The van der Waals surface area contributed by atoms with Crippen LogP contribution in [0.15, 0.2) is 30.5 Å². The molecule has 1 fully saturated rings. The molecule has 0 radical (unpaired) electrons. The first-order valence-corrected chi connectivity index (χ1v) is 11.5. The fourth-order valence-corrected chi connectivity index (χ4v) is 4.04. The highest BCUT2D eigenvalue weighted by Crippen LogP contribution is 2.40. The van der Waals surface area contributed by atoms with Crippen molar-refractivity contribution < 1.29 is 28.0 Å². The summed E-state index contributed by atoms with van der Waals surface area (Å²) in [5.41, 5.74) is 0.704. The number of nitrogens with one attached hydrogen (secondary N) is 3. The lowest BCUT2D eigenvalue weighted by Gasteiger charge is -2.16. The molecule has 3 N–H and O–H groups in total. The molecule has 0 atom stereocenters. The highest BCUT2D eigenvalue weighted by Gasteiger charge is 2.30. The molecule has 1 saturated carbocycles. The number of benzene rings is 1. The fraction of sp³-hybridized carbons (Fsp3) is 0.304. The van der Waals surface area contributed by atoms with Crippen LogP contribution in [0.5, 0.6) is 5.75 Å². The molecule has 1 aromatic carbocycles. The highest BCUT2D eigenvalue weighted by molar-refractivity contribution is 7.16. The Balaban J connectivity index is 1.70. The van der Waals surface area contributed by atoms with Gasteiger partial charge in [-0.25, -0.2) is 9.78 Å². The number of hydrogen-bond donors (Lipinski definition) is 3. The summed E-state index contributed by atoms with van der Waals surface area (Å²) < 4.78 is 32.7. The number of anilines is 3. The van der Waals surface area contributed by atoms with Crippen molar-refractivity contribution >= 4 is 46.3 Å². The molecular weight excluding hydrogens is 472 g/mol. The van der Waals surface area contributed by atoms with E-state index >= 15 is 0 Å². The molecule has 182 valence electrons. The maximum Gasteiger partial charge on any atom is 0.349 e. The quantitative estimate of drug-likeness (QED) is 0.378. The summed E-state index contributed by atoms with van der Waals surface area (Å²) >= 11 is 1.12. The first kappa shape index (κ1) is 20.3. The second-order valence-electron chi connectivity index (χ2n) is 7.47. The molecular formula is C23H24N6O5S. The average Bonchev–Trinajstić information content (AvgIpc) is 3.59. The molecule has 0 bridgehead atoms. The number of thiazole rings is 1. The molecule has 1 aliphatic carbocycles. The van der Waals surface area contributed by atoms with Gasteiger partial charge in [0.15, 0.2) is 17.3 Å². The third kappa shape index (κ3) is 5.38. The van der Waals surface area contributed by atoms with Gasteiger partial charge in [-0.3, -0.25) is 9.59 Å². The maximum absolute atomic E-state index is 12.7. The minimum Gasteiger partial charge on any atom is -0.494 e. The van der Waals surface area contributed by atoms with Gasteiger partial charge >= 0.3 is 5.97 Å². The summed E-state index contributed by atoms with van der Waals surface area (Å²) in [6.07, 6.45) is 2.97. The summed E-state index contributed by atoms with van der Waals surface area (Å²) in [5, 5.41) is 15.8. The van der Waals surface area contributed by atoms with Crippen molar-refractivity contribution in [3.63, 3.8) is 0 Å². The highest BCUT2D eigenvalue weighted by atomic mass is 32.1. The van der Waals surface area contributed by atoms with E-state index in [2.05, 4.69) is 25.8 Å². The van der Waals surface area contributed by atoms with Gasteiger partial charge in [-0.1, -0.05) is 6.07 Å². The van der Waals surface area contributed by atoms with Crippen LogP contribution < -0.4 is 20.7 Å². The lowest BCUT2D eigenvalue weighted by Crippen LogP contribution is -2.22. The zero-order valence-corrected chi connectivity index (χ0v) is 19.7. The second-order valence-corrected chi connectivity index (χ2v) is 8.50. The number of carbonyl (C=O) groups is 3. The van der Waals surface area contributed by atoms with Crippen molar-refractivity contribution in [3.05, 3.63) is 41.0 Å². The van der Waals surface area contributed by atoms with Gasteiger partial charge in [0, 0.05) is 23.1 Å². The predicted molar refractivity (Wildman–Crippen MR) is 130 cm³/mol. The summed E-state index contributed by atoms with van der Waals surface area (Å²) in [4.78, 5) is 41.7. The molecule has 2 heterocycles. The first-order valence-electron chi connectivity index (χ1n) is 12.2. The van der Waals surface area contributed by atoms with Crippen molar-refractivity contribution in [1.82, 2.24) is 20.5 Å². The molecule has 0 aliphatic heterocycles. The summed E-state index contributed by atoms with van der Waals surface area (Å²) in [5.74, 6) is -1.37. The van der Waals surface area contributed by atoms with E-state index in [-0.39, 0.29) is 35.6 Å². The number of esters is 1. The Bertz CT molecular complexity index is 1380. The number of para-hydroxylation sites is 1. The van der Waals surface area contributed by atoms with Crippen molar-refractivity contribution in [3.8, 4) is 16.3 Å². The zero-order chi connectivity index (χ0) is 27.4. The minimum atomic E-state index is -2.76. The second kappa shape index (κ2) is 10.5. The van der Waals surface area contributed by atoms with Crippen LogP contribution in [-0.2, 0) is 9.53 Å². The van der Waals surface area contributed by atoms with Gasteiger partial charge in [0.25, 0.3) is 5.91 Å². The van der Waals surface area contributed by atoms with Crippen LogP contribution in [0, 0.1) is 5.92 Å². The van der Waals surface area contributed by atoms with Gasteiger partial charge < -0.3 is 25.4 Å². The number of ether oxygens (including phenoxy) is 2. The Hall–Kier alpha value is -4.06. The van der Waals surface area contributed by atoms with Crippen LogP contribution in [0.3, 0.4) is 0 Å². The fourth-order valence-electron chi connectivity index (χ4n) is 3.21. The van der Waals surface area contributed by atoms with Crippen LogP contribution in [0.1, 0.15) is 44.0 Å². The van der Waals surface area contributed by atoms with Crippen LogP contribution in [-0.4, -0.2) is 53.7 Å². The Kier molecular flexibility index (Phi) is 6.08. The first-order chi connectivity index (χ1) is 18.1. The summed E-state index contributed by atoms with van der Waals surface area (Å²) in [6.45, 7) is -0.815. The van der Waals surface area contributed by atoms with Crippen LogP contribution >= 0.6 is 11.3 Å². The van der Waals surface area contributed by atoms with Crippen molar-refractivity contribution in [2.45, 2.75) is 19.8 Å². The third-order valence-electron chi connectivity index (χ3n) is 5.02. The molecule has 0 spiro atoms. The van der Waals surface area contributed by atoms with E-state index in [0.29, 0.717) is 26.9 Å².